The van der Waals surface area contributed by atoms with Crippen LogP contribution >= 0.6 is 11.3 Å². The van der Waals surface area contributed by atoms with Crippen LogP contribution in [0.4, 0.5) is 0 Å². The molecular formula is C16H20N2O4S2. The van der Waals surface area contributed by atoms with E-state index in [4.69, 9.17) is 4.42 Å². The average molecular weight is 368 g/mol. The molecule has 0 atom stereocenters. The SMILES string of the molecule is Cc1ccc(CNS(=O)(=O)c2ccc(CC(=O)N3CCCC3)s2)o1. The van der Waals surface area contributed by atoms with Gasteiger partial charge in [0.15, 0.2) is 0 Å². The summed E-state index contributed by atoms with van der Waals surface area (Å²) >= 11 is 1.14. The quantitative estimate of drug-likeness (QED) is 0.848. The van der Waals surface area contributed by atoms with Crippen molar-refractivity contribution >= 4 is 27.3 Å². The molecule has 3 heterocycles. The van der Waals surface area contributed by atoms with Crippen LogP contribution in [0.15, 0.2) is 32.9 Å². The van der Waals surface area contributed by atoms with Crippen LogP contribution in [0.3, 0.4) is 0 Å². The molecule has 1 fully saturated rings. The Morgan fingerprint density at radius 1 is 1.25 bits per heavy atom. The lowest BCUT2D eigenvalue weighted by atomic mass is 10.3. The molecule has 0 saturated carbocycles. The number of amides is 1. The fraction of sp³-hybridized carbons (Fsp3) is 0.438. The standard InChI is InChI=1S/C16H20N2O4S2/c1-12-4-5-13(22-12)11-17-24(20,21)16-7-6-14(23-16)10-15(19)18-8-2-3-9-18/h4-7,17H,2-3,8-11H2,1H3. The van der Waals surface area contributed by atoms with E-state index in [9.17, 15) is 13.2 Å². The van der Waals surface area contributed by atoms with Crippen LogP contribution in [-0.4, -0.2) is 32.3 Å². The number of nitrogens with zero attached hydrogens (tertiary/aromatic N) is 1. The van der Waals surface area contributed by atoms with E-state index in [1.165, 1.54) is 0 Å². The molecule has 24 heavy (non-hydrogen) atoms. The Bertz CT molecular complexity index is 817. The van der Waals surface area contributed by atoms with Crippen LogP contribution in [-0.2, 0) is 27.8 Å². The highest BCUT2D eigenvalue weighted by atomic mass is 32.2. The Hall–Kier alpha value is -1.64. The Labute approximate surface area is 145 Å². The van der Waals surface area contributed by atoms with E-state index in [1.54, 1.807) is 31.2 Å². The molecule has 2 aromatic heterocycles. The maximum Gasteiger partial charge on any atom is 0.250 e. The zero-order valence-electron chi connectivity index (χ0n) is 13.4. The molecule has 6 nitrogen and oxygen atoms in total. The van der Waals surface area contributed by atoms with Crippen LogP contribution in [0.5, 0.6) is 0 Å². The third-order valence-electron chi connectivity index (χ3n) is 3.92. The van der Waals surface area contributed by atoms with Crippen molar-refractivity contribution in [3.05, 3.63) is 40.7 Å². The summed E-state index contributed by atoms with van der Waals surface area (Å²) in [6.45, 7) is 3.52. The molecule has 0 bridgehead atoms. The molecular weight excluding hydrogens is 348 g/mol. The van der Waals surface area contributed by atoms with Gasteiger partial charge in [-0.05, 0) is 44.0 Å². The largest absolute Gasteiger partial charge is 0.465 e. The van der Waals surface area contributed by atoms with Crippen molar-refractivity contribution in [3.63, 3.8) is 0 Å². The number of furan rings is 1. The van der Waals surface area contributed by atoms with E-state index in [1.807, 2.05) is 4.90 Å². The summed E-state index contributed by atoms with van der Waals surface area (Å²) in [5.41, 5.74) is 0. The molecule has 0 spiro atoms. The second-order valence-corrected chi connectivity index (χ2v) is 8.98. The Kier molecular flexibility index (Phi) is 5.07. The molecule has 1 N–H and O–H groups in total. The van der Waals surface area contributed by atoms with Gasteiger partial charge in [-0.2, -0.15) is 0 Å². The minimum atomic E-state index is -3.60. The molecule has 8 heteroatoms. The van der Waals surface area contributed by atoms with Crippen molar-refractivity contribution in [2.75, 3.05) is 13.1 Å². The molecule has 1 saturated heterocycles. The molecule has 0 aromatic carbocycles. The van der Waals surface area contributed by atoms with Crippen molar-refractivity contribution < 1.29 is 17.6 Å². The third kappa shape index (κ3) is 4.06. The van der Waals surface area contributed by atoms with Gasteiger partial charge in [0.05, 0.1) is 13.0 Å². The predicted octanol–water partition coefficient (Wildman–Crippen LogP) is 2.29. The Morgan fingerprint density at radius 2 is 2.00 bits per heavy atom. The van der Waals surface area contributed by atoms with Gasteiger partial charge >= 0.3 is 0 Å². The number of sulfonamides is 1. The molecule has 2 aromatic rings. The van der Waals surface area contributed by atoms with E-state index in [0.29, 0.717) is 5.76 Å². The van der Waals surface area contributed by atoms with Gasteiger partial charge in [0.1, 0.15) is 15.7 Å². The summed E-state index contributed by atoms with van der Waals surface area (Å²) in [5.74, 6) is 1.37. The van der Waals surface area contributed by atoms with Crippen molar-refractivity contribution in [3.8, 4) is 0 Å². The number of likely N-dealkylation sites (tertiary alicyclic amines) is 1. The van der Waals surface area contributed by atoms with E-state index in [-0.39, 0.29) is 23.1 Å². The second kappa shape index (κ2) is 7.08. The van der Waals surface area contributed by atoms with Gasteiger partial charge in [-0.3, -0.25) is 4.79 Å². The fourth-order valence-electron chi connectivity index (χ4n) is 2.64. The summed E-state index contributed by atoms with van der Waals surface area (Å²) in [5, 5.41) is 0. The van der Waals surface area contributed by atoms with Crippen LogP contribution in [0.1, 0.15) is 29.2 Å². The topological polar surface area (TPSA) is 79.6 Å². The highest BCUT2D eigenvalue weighted by molar-refractivity contribution is 7.91. The first-order valence-electron chi connectivity index (χ1n) is 7.85. The molecule has 1 amide bonds. The van der Waals surface area contributed by atoms with E-state index in [0.717, 1.165) is 47.9 Å². The summed E-state index contributed by atoms with van der Waals surface area (Å²) in [4.78, 5) is 14.7. The Morgan fingerprint density at radius 3 is 2.67 bits per heavy atom. The maximum atomic E-state index is 12.3. The summed E-state index contributed by atoms with van der Waals surface area (Å²) in [6.07, 6.45) is 2.36. The molecule has 0 unspecified atom stereocenters. The normalized spacial score (nSPS) is 15.1. The van der Waals surface area contributed by atoms with E-state index in [2.05, 4.69) is 4.72 Å². The van der Waals surface area contributed by atoms with Gasteiger partial charge in [0.25, 0.3) is 0 Å². The van der Waals surface area contributed by atoms with Crippen molar-refractivity contribution in [2.24, 2.45) is 0 Å². The average Bonchev–Trinajstić information content (AvgIpc) is 3.27. The lowest BCUT2D eigenvalue weighted by Crippen LogP contribution is -2.28. The van der Waals surface area contributed by atoms with Gasteiger partial charge in [-0.25, -0.2) is 13.1 Å². The molecule has 0 radical (unpaired) electrons. The first-order valence-corrected chi connectivity index (χ1v) is 10.2. The third-order valence-corrected chi connectivity index (χ3v) is 6.90. The zero-order valence-corrected chi connectivity index (χ0v) is 15.1. The van der Waals surface area contributed by atoms with Gasteiger partial charge in [0.2, 0.25) is 15.9 Å². The lowest BCUT2D eigenvalue weighted by Gasteiger charge is -2.14. The number of thiophene rings is 1. The first kappa shape index (κ1) is 17.2. The fourth-order valence-corrected chi connectivity index (χ4v) is 5.03. The molecule has 3 rings (SSSR count). The number of carbonyl (C=O) groups excluding carboxylic acids is 1. The summed E-state index contributed by atoms with van der Waals surface area (Å²) in [7, 11) is -3.60. The smallest absolute Gasteiger partial charge is 0.250 e. The molecule has 1 aliphatic rings. The molecule has 0 aliphatic carbocycles. The van der Waals surface area contributed by atoms with E-state index >= 15 is 0 Å². The molecule has 1 aliphatic heterocycles. The Balaban J connectivity index is 1.61. The van der Waals surface area contributed by atoms with Crippen LogP contribution < -0.4 is 4.72 Å². The van der Waals surface area contributed by atoms with Gasteiger partial charge in [0, 0.05) is 18.0 Å². The van der Waals surface area contributed by atoms with Crippen LogP contribution in [0.25, 0.3) is 0 Å². The van der Waals surface area contributed by atoms with Gasteiger partial charge < -0.3 is 9.32 Å². The molecule has 130 valence electrons. The lowest BCUT2D eigenvalue weighted by molar-refractivity contribution is -0.129. The maximum absolute atomic E-state index is 12.3. The first-order chi connectivity index (χ1) is 11.4. The van der Waals surface area contributed by atoms with Crippen LogP contribution in [0.2, 0.25) is 0 Å². The van der Waals surface area contributed by atoms with Crippen molar-refractivity contribution in [1.29, 1.82) is 0 Å². The van der Waals surface area contributed by atoms with Crippen molar-refractivity contribution in [2.45, 2.75) is 36.9 Å². The van der Waals surface area contributed by atoms with E-state index < -0.39 is 10.0 Å². The minimum Gasteiger partial charge on any atom is -0.465 e. The highest BCUT2D eigenvalue weighted by Gasteiger charge is 2.21. The predicted molar refractivity (Wildman–Crippen MR) is 91.3 cm³/mol. The van der Waals surface area contributed by atoms with Crippen LogP contribution in [0, 0.1) is 6.92 Å². The van der Waals surface area contributed by atoms with Gasteiger partial charge in [-0.1, -0.05) is 0 Å². The minimum absolute atomic E-state index is 0.0670. The zero-order chi connectivity index (χ0) is 17.2. The number of rotatable bonds is 6. The number of hydrogen-bond donors (Lipinski definition) is 1. The number of aryl methyl sites for hydroxylation is 1. The number of nitrogens with one attached hydrogen (secondary N) is 1. The summed E-state index contributed by atoms with van der Waals surface area (Å²) < 4.78 is 32.8. The monoisotopic (exact) mass is 368 g/mol. The second-order valence-electron chi connectivity index (χ2n) is 5.82. The highest BCUT2D eigenvalue weighted by Crippen LogP contribution is 2.23. The van der Waals surface area contributed by atoms with Crippen molar-refractivity contribution in [1.82, 2.24) is 9.62 Å². The summed E-state index contributed by atoms with van der Waals surface area (Å²) in [6, 6.07) is 6.79. The number of hydrogen-bond acceptors (Lipinski definition) is 5. The van der Waals surface area contributed by atoms with Gasteiger partial charge in [-0.15, -0.1) is 11.3 Å². The number of carbonyl (C=O) groups is 1.